The van der Waals surface area contributed by atoms with Crippen LogP contribution in [0.2, 0.25) is 0 Å². The summed E-state index contributed by atoms with van der Waals surface area (Å²) in [6.45, 7) is 0.101. The number of rotatable bonds is 5. The lowest BCUT2D eigenvalue weighted by atomic mass is 10.3. The summed E-state index contributed by atoms with van der Waals surface area (Å²) in [5.41, 5.74) is -0.482. The number of aromatic carboxylic acids is 1. The molecule has 1 rings (SSSR count). The first kappa shape index (κ1) is 13.0. The summed E-state index contributed by atoms with van der Waals surface area (Å²) in [7, 11) is 0. The molecule has 0 aliphatic rings. The Morgan fingerprint density at radius 2 is 2.24 bits per heavy atom. The quantitative estimate of drug-likeness (QED) is 0.748. The van der Waals surface area contributed by atoms with Gasteiger partial charge in [0.05, 0.1) is 12.8 Å². The van der Waals surface area contributed by atoms with Gasteiger partial charge in [-0.2, -0.15) is 8.78 Å². The van der Waals surface area contributed by atoms with Crippen LogP contribution in [0, 0.1) is 0 Å². The molecule has 1 aromatic rings. The molecule has 0 bridgehead atoms. The average molecular weight is 249 g/mol. The number of carboxylic acids is 1. The van der Waals surface area contributed by atoms with E-state index in [0.717, 1.165) is 6.20 Å². The lowest BCUT2D eigenvalue weighted by Crippen LogP contribution is -2.35. The van der Waals surface area contributed by atoms with Crippen molar-refractivity contribution in [3.05, 3.63) is 11.9 Å². The van der Waals surface area contributed by atoms with Crippen LogP contribution in [-0.2, 0) is 16.1 Å². The molecule has 0 saturated carbocycles. The van der Waals surface area contributed by atoms with E-state index < -0.39 is 30.1 Å². The van der Waals surface area contributed by atoms with Crippen molar-refractivity contribution in [1.82, 2.24) is 15.0 Å². The molecule has 0 spiro atoms. The van der Waals surface area contributed by atoms with Gasteiger partial charge in [0.2, 0.25) is 0 Å². The summed E-state index contributed by atoms with van der Waals surface area (Å²) in [6.07, 6.45) is 0.801. The van der Waals surface area contributed by atoms with Crippen molar-refractivity contribution in [2.75, 3.05) is 6.61 Å². The molecule has 1 N–H and O–H groups in total. The molecule has 0 atom stereocenters. The summed E-state index contributed by atoms with van der Waals surface area (Å²) >= 11 is 0. The van der Waals surface area contributed by atoms with E-state index in [4.69, 9.17) is 5.11 Å². The van der Waals surface area contributed by atoms with Gasteiger partial charge in [-0.05, 0) is 6.92 Å². The maximum Gasteiger partial charge on any atom is 0.379 e. The number of esters is 1. The molecule has 1 aromatic heterocycles. The summed E-state index contributed by atoms with van der Waals surface area (Å²) in [5.74, 6) is -6.86. The zero-order valence-electron chi connectivity index (χ0n) is 8.76. The van der Waals surface area contributed by atoms with Crippen molar-refractivity contribution in [1.29, 1.82) is 0 Å². The first-order valence-corrected chi connectivity index (χ1v) is 4.55. The van der Waals surface area contributed by atoms with Gasteiger partial charge in [-0.1, -0.05) is 5.21 Å². The lowest BCUT2D eigenvalue weighted by molar-refractivity contribution is -0.173. The van der Waals surface area contributed by atoms with Crippen molar-refractivity contribution >= 4 is 11.9 Å². The fraction of sp³-hybridized carbons (Fsp3) is 0.500. The van der Waals surface area contributed by atoms with Crippen molar-refractivity contribution in [2.45, 2.75) is 19.4 Å². The number of carbonyl (C=O) groups excluding carboxylic acids is 1. The van der Waals surface area contributed by atoms with E-state index in [1.807, 2.05) is 0 Å². The Kier molecular flexibility index (Phi) is 3.71. The van der Waals surface area contributed by atoms with Crippen LogP contribution in [0.3, 0.4) is 0 Å². The molecular formula is C8H9F2N3O4. The smallest absolute Gasteiger partial charge is 0.379 e. The number of hydrogen-bond acceptors (Lipinski definition) is 5. The topological polar surface area (TPSA) is 94.3 Å². The number of ether oxygens (including phenoxy) is 1. The lowest BCUT2D eigenvalue weighted by Gasteiger charge is -2.13. The van der Waals surface area contributed by atoms with Crippen LogP contribution in [0.5, 0.6) is 0 Å². The van der Waals surface area contributed by atoms with Crippen LogP contribution in [0.4, 0.5) is 8.78 Å². The van der Waals surface area contributed by atoms with E-state index in [1.54, 1.807) is 0 Å². The van der Waals surface area contributed by atoms with E-state index in [-0.39, 0.29) is 6.61 Å². The Morgan fingerprint density at radius 3 is 2.71 bits per heavy atom. The standard InChI is InChI=1S/C8H9F2N3O4/c1-2-17-7(16)8(9,10)4-13-3-5(6(14)15)11-12-13/h3H,2,4H2,1H3,(H,14,15). The Morgan fingerprint density at radius 1 is 1.59 bits per heavy atom. The van der Waals surface area contributed by atoms with Crippen molar-refractivity contribution in [3.8, 4) is 0 Å². The number of nitrogens with zero attached hydrogens (tertiary/aromatic N) is 3. The SMILES string of the molecule is CCOC(=O)C(F)(F)Cn1cc(C(=O)O)nn1. The van der Waals surface area contributed by atoms with E-state index in [1.165, 1.54) is 6.92 Å². The van der Waals surface area contributed by atoms with Crippen LogP contribution in [-0.4, -0.2) is 44.6 Å². The number of hydrogen-bond donors (Lipinski definition) is 1. The van der Waals surface area contributed by atoms with Gasteiger partial charge in [-0.15, -0.1) is 5.10 Å². The number of aromatic nitrogens is 3. The molecule has 0 radical (unpaired) electrons. The van der Waals surface area contributed by atoms with Gasteiger partial charge < -0.3 is 9.84 Å². The second-order valence-corrected chi connectivity index (χ2v) is 3.03. The number of carboxylic acid groups (broad SMARTS) is 1. The molecule has 7 nitrogen and oxygen atoms in total. The van der Waals surface area contributed by atoms with E-state index in [0.29, 0.717) is 4.68 Å². The molecule has 0 aliphatic heterocycles. The maximum absolute atomic E-state index is 13.2. The predicted molar refractivity (Wildman–Crippen MR) is 48.6 cm³/mol. The molecule has 0 unspecified atom stereocenters. The number of carbonyl (C=O) groups is 2. The summed E-state index contributed by atoms with van der Waals surface area (Å²) in [6, 6.07) is 0. The van der Waals surface area contributed by atoms with Crippen molar-refractivity contribution in [2.24, 2.45) is 0 Å². The highest BCUT2D eigenvalue weighted by Gasteiger charge is 2.41. The van der Waals surface area contributed by atoms with Gasteiger partial charge in [0.1, 0.15) is 6.54 Å². The highest BCUT2D eigenvalue weighted by molar-refractivity contribution is 5.84. The van der Waals surface area contributed by atoms with E-state index >= 15 is 0 Å². The molecule has 0 aliphatic carbocycles. The molecular weight excluding hydrogens is 240 g/mol. The molecule has 1 heterocycles. The van der Waals surface area contributed by atoms with Crippen molar-refractivity contribution < 1.29 is 28.2 Å². The predicted octanol–water partition coefficient (Wildman–Crippen LogP) is 0.175. The van der Waals surface area contributed by atoms with Crippen LogP contribution in [0.15, 0.2) is 6.20 Å². The van der Waals surface area contributed by atoms with Crippen molar-refractivity contribution in [3.63, 3.8) is 0 Å². The normalized spacial score (nSPS) is 11.2. The largest absolute Gasteiger partial charge is 0.476 e. The Labute approximate surface area is 94.0 Å². The van der Waals surface area contributed by atoms with Gasteiger partial charge in [0.15, 0.2) is 5.69 Å². The van der Waals surface area contributed by atoms with Gasteiger partial charge in [0.25, 0.3) is 0 Å². The fourth-order valence-electron chi connectivity index (χ4n) is 0.978. The molecule has 0 fully saturated rings. The first-order chi connectivity index (χ1) is 7.86. The Hall–Kier alpha value is -2.06. The highest BCUT2D eigenvalue weighted by atomic mass is 19.3. The monoisotopic (exact) mass is 249 g/mol. The summed E-state index contributed by atoms with van der Waals surface area (Å²) in [5, 5.41) is 14.8. The number of alkyl halides is 2. The minimum absolute atomic E-state index is 0.174. The van der Waals surface area contributed by atoms with E-state index in [9.17, 15) is 18.4 Å². The zero-order valence-corrected chi connectivity index (χ0v) is 8.76. The third-order valence-electron chi connectivity index (χ3n) is 1.69. The van der Waals surface area contributed by atoms with Gasteiger partial charge >= 0.3 is 17.9 Å². The van der Waals surface area contributed by atoms with Gasteiger partial charge in [0, 0.05) is 0 Å². The Balaban J connectivity index is 2.75. The maximum atomic E-state index is 13.2. The minimum Gasteiger partial charge on any atom is -0.476 e. The van der Waals surface area contributed by atoms with Crippen LogP contribution < -0.4 is 0 Å². The third-order valence-corrected chi connectivity index (χ3v) is 1.69. The third kappa shape index (κ3) is 3.20. The summed E-state index contributed by atoms with van der Waals surface area (Å²) in [4.78, 5) is 21.3. The molecule has 9 heteroatoms. The average Bonchev–Trinajstić information content (AvgIpc) is 2.66. The molecule has 0 aromatic carbocycles. The van der Waals surface area contributed by atoms with Gasteiger partial charge in [-0.25, -0.2) is 14.3 Å². The first-order valence-electron chi connectivity index (χ1n) is 4.55. The molecule has 17 heavy (non-hydrogen) atoms. The van der Waals surface area contributed by atoms with Gasteiger partial charge in [-0.3, -0.25) is 0 Å². The van der Waals surface area contributed by atoms with Crippen LogP contribution >= 0.6 is 0 Å². The highest BCUT2D eigenvalue weighted by Crippen LogP contribution is 2.18. The molecule has 0 saturated heterocycles. The molecule has 94 valence electrons. The fourth-order valence-corrected chi connectivity index (χ4v) is 0.978. The Bertz CT molecular complexity index is 432. The van der Waals surface area contributed by atoms with Crippen LogP contribution in [0.25, 0.3) is 0 Å². The van der Waals surface area contributed by atoms with Crippen LogP contribution in [0.1, 0.15) is 17.4 Å². The number of halogens is 2. The zero-order chi connectivity index (χ0) is 13.1. The second kappa shape index (κ2) is 4.85. The molecule has 0 amide bonds. The second-order valence-electron chi connectivity index (χ2n) is 3.03. The van der Waals surface area contributed by atoms with E-state index in [2.05, 4.69) is 15.0 Å². The summed E-state index contributed by atoms with van der Waals surface area (Å²) < 4.78 is 31.1. The minimum atomic E-state index is -3.78.